The van der Waals surface area contributed by atoms with Gasteiger partial charge in [0.05, 0.1) is 12.5 Å². The third kappa shape index (κ3) is 7.04. The number of amides is 1. The van der Waals surface area contributed by atoms with Crippen LogP contribution in [0.2, 0.25) is 0 Å². The van der Waals surface area contributed by atoms with Crippen molar-refractivity contribution >= 4 is 30.3 Å². The first kappa shape index (κ1) is 27.8. The molecule has 3 aliphatic rings. The van der Waals surface area contributed by atoms with Crippen LogP contribution in [0.15, 0.2) is 0 Å². The number of carbonyl (C=O) groups excluding carboxylic acids is 2. The molecule has 0 aromatic carbocycles. The molecule has 190 valence electrons. The molecule has 1 atom stereocenters. The number of hydrogen-bond acceptors (Lipinski definition) is 7. The number of piperidine rings is 2. The van der Waals surface area contributed by atoms with Crippen molar-refractivity contribution < 1.29 is 24.2 Å². The van der Waals surface area contributed by atoms with E-state index >= 15 is 0 Å². The second kappa shape index (κ2) is 12.9. The average molecular weight is 489 g/mol. The molecule has 1 amide bonds. The highest BCUT2D eigenvalue weighted by Gasteiger charge is 2.57. The fourth-order valence-corrected chi connectivity index (χ4v) is 5.34. The van der Waals surface area contributed by atoms with E-state index in [0.717, 1.165) is 51.5 Å². The molecule has 3 N–H and O–H groups in total. The number of nitrogens with zero attached hydrogens (tertiary/aromatic N) is 2. The minimum atomic E-state index is -1.41. The van der Waals surface area contributed by atoms with E-state index in [1.807, 2.05) is 0 Å². The van der Waals surface area contributed by atoms with E-state index in [9.17, 15) is 14.4 Å². The lowest BCUT2D eigenvalue weighted by Gasteiger charge is -2.47. The standard InChI is InChI=1S/C23H40N4O5.ClH/c1-17(2)32-22(31)23(21(30)27(16-11-25-23)15-8-20(28)29)19-6-13-26(14-7-19)12-5-18-3-9-24-10-4-18;/h17-19,24-25H,3-16H2,1-2H3,(H,28,29);1H/t23-;/m0./s1. The zero-order valence-corrected chi connectivity index (χ0v) is 20.8. The molecule has 0 bridgehead atoms. The quantitative estimate of drug-likeness (QED) is 0.327. The Labute approximate surface area is 203 Å². The summed E-state index contributed by atoms with van der Waals surface area (Å²) in [5, 5.41) is 15.7. The summed E-state index contributed by atoms with van der Waals surface area (Å²) in [5.41, 5.74) is -1.41. The minimum Gasteiger partial charge on any atom is -0.481 e. The van der Waals surface area contributed by atoms with Crippen LogP contribution in [0.5, 0.6) is 0 Å². The predicted octanol–water partition coefficient (Wildman–Crippen LogP) is 1.11. The van der Waals surface area contributed by atoms with Gasteiger partial charge in [-0.1, -0.05) is 0 Å². The molecule has 0 aliphatic carbocycles. The average Bonchev–Trinajstić information content (AvgIpc) is 2.77. The Bertz CT molecular complexity index is 665. The lowest BCUT2D eigenvalue weighted by atomic mass is 9.75. The summed E-state index contributed by atoms with van der Waals surface area (Å²) < 4.78 is 5.56. The Hall–Kier alpha value is -1.42. The molecule has 0 aromatic rings. The molecule has 3 aliphatic heterocycles. The summed E-state index contributed by atoms with van der Waals surface area (Å²) in [6.45, 7) is 9.53. The van der Waals surface area contributed by atoms with Gasteiger partial charge in [0.2, 0.25) is 0 Å². The molecule has 0 spiro atoms. The number of carboxylic acids is 1. The van der Waals surface area contributed by atoms with Crippen molar-refractivity contribution in [2.45, 2.75) is 64.0 Å². The van der Waals surface area contributed by atoms with Crippen LogP contribution >= 0.6 is 12.4 Å². The van der Waals surface area contributed by atoms with Gasteiger partial charge in [-0.05, 0) is 90.5 Å². The lowest BCUT2D eigenvalue weighted by molar-refractivity contribution is -0.170. The third-order valence-electron chi connectivity index (χ3n) is 7.18. The Morgan fingerprint density at radius 3 is 2.36 bits per heavy atom. The number of carbonyl (C=O) groups is 3. The summed E-state index contributed by atoms with van der Waals surface area (Å²) >= 11 is 0. The minimum absolute atomic E-state index is 0. The maximum absolute atomic E-state index is 13.5. The van der Waals surface area contributed by atoms with Crippen LogP contribution in [0, 0.1) is 11.8 Å². The van der Waals surface area contributed by atoms with E-state index in [-0.39, 0.29) is 43.3 Å². The Kier molecular flexibility index (Phi) is 10.9. The molecule has 3 rings (SSSR count). The summed E-state index contributed by atoms with van der Waals surface area (Å²) in [5.74, 6) is -1.18. The monoisotopic (exact) mass is 488 g/mol. The fourth-order valence-electron chi connectivity index (χ4n) is 5.34. The number of rotatable bonds is 9. The second-order valence-electron chi connectivity index (χ2n) is 9.72. The first-order valence-electron chi connectivity index (χ1n) is 12.2. The highest BCUT2D eigenvalue weighted by molar-refractivity contribution is 6.08. The number of hydrogen-bond donors (Lipinski definition) is 3. The topological polar surface area (TPSA) is 111 Å². The van der Waals surface area contributed by atoms with Crippen molar-refractivity contribution in [3.8, 4) is 0 Å². The van der Waals surface area contributed by atoms with Crippen LogP contribution in [-0.4, -0.2) is 96.8 Å². The van der Waals surface area contributed by atoms with E-state index in [2.05, 4.69) is 15.5 Å². The van der Waals surface area contributed by atoms with E-state index in [1.54, 1.807) is 13.8 Å². The highest BCUT2D eigenvalue weighted by atomic mass is 35.5. The van der Waals surface area contributed by atoms with E-state index in [4.69, 9.17) is 9.84 Å². The van der Waals surface area contributed by atoms with E-state index < -0.39 is 17.5 Å². The molecular weight excluding hydrogens is 448 g/mol. The van der Waals surface area contributed by atoms with Gasteiger partial charge in [-0.2, -0.15) is 0 Å². The number of ether oxygens (including phenoxy) is 1. The van der Waals surface area contributed by atoms with Gasteiger partial charge in [0.15, 0.2) is 5.54 Å². The van der Waals surface area contributed by atoms with Gasteiger partial charge in [0, 0.05) is 19.6 Å². The number of likely N-dealkylation sites (tertiary alicyclic amines) is 1. The van der Waals surface area contributed by atoms with Crippen LogP contribution in [0.25, 0.3) is 0 Å². The first-order valence-corrected chi connectivity index (χ1v) is 12.2. The van der Waals surface area contributed by atoms with Gasteiger partial charge >= 0.3 is 11.9 Å². The second-order valence-corrected chi connectivity index (χ2v) is 9.72. The van der Waals surface area contributed by atoms with Crippen molar-refractivity contribution in [2.75, 3.05) is 52.4 Å². The van der Waals surface area contributed by atoms with Gasteiger partial charge in [-0.25, -0.2) is 4.79 Å². The zero-order chi connectivity index (χ0) is 23.1. The first-order chi connectivity index (χ1) is 15.3. The number of esters is 1. The molecule has 3 heterocycles. The molecule has 3 fully saturated rings. The maximum atomic E-state index is 13.5. The summed E-state index contributed by atoms with van der Waals surface area (Å²) in [4.78, 5) is 41.8. The SMILES string of the molecule is CC(C)OC(=O)[C@@]1(C2CCN(CCC3CCNCC3)CC2)NCCN(CCC(=O)O)C1=O.Cl. The largest absolute Gasteiger partial charge is 0.481 e. The molecular formula is C23H41ClN4O5. The van der Waals surface area contributed by atoms with Crippen molar-refractivity contribution in [3.05, 3.63) is 0 Å². The van der Waals surface area contributed by atoms with Gasteiger partial charge < -0.3 is 25.0 Å². The summed E-state index contributed by atoms with van der Waals surface area (Å²) in [7, 11) is 0. The molecule has 3 saturated heterocycles. The van der Waals surface area contributed by atoms with Crippen molar-refractivity contribution in [1.82, 2.24) is 20.4 Å². The molecule has 0 saturated carbocycles. The Morgan fingerprint density at radius 2 is 1.76 bits per heavy atom. The number of carboxylic acid groups (broad SMARTS) is 1. The van der Waals surface area contributed by atoms with Crippen molar-refractivity contribution in [1.29, 1.82) is 0 Å². The molecule has 33 heavy (non-hydrogen) atoms. The maximum Gasteiger partial charge on any atom is 0.336 e. The Balaban J connectivity index is 0.00000385. The highest BCUT2D eigenvalue weighted by Crippen LogP contribution is 2.34. The Morgan fingerprint density at radius 1 is 1.09 bits per heavy atom. The van der Waals surface area contributed by atoms with E-state index in [1.165, 1.54) is 24.2 Å². The lowest BCUT2D eigenvalue weighted by Crippen LogP contribution is -2.73. The van der Waals surface area contributed by atoms with Crippen LogP contribution in [0.3, 0.4) is 0 Å². The third-order valence-corrected chi connectivity index (χ3v) is 7.18. The van der Waals surface area contributed by atoms with Crippen LogP contribution in [0.4, 0.5) is 0 Å². The van der Waals surface area contributed by atoms with Gasteiger partial charge in [-0.3, -0.25) is 14.9 Å². The molecule has 10 heteroatoms. The van der Waals surface area contributed by atoms with Gasteiger partial charge in [-0.15, -0.1) is 12.4 Å². The van der Waals surface area contributed by atoms with Crippen LogP contribution < -0.4 is 10.6 Å². The zero-order valence-electron chi connectivity index (χ0n) is 20.0. The van der Waals surface area contributed by atoms with Gasteiger partial charge in [0.1, 0.15) is 0 Å². The van der Waals surface area contributed by atoms with Gasteiger partial charge in [0.25, 0.3) is 5.91 Å². The number of halogens is 1. The molecule has 9 nitrogen and oxygen atoms in total. The molecule has 0 unspecified atom stereocenters. The number of aliphatic carboxylic acids is 1. The predicted molar refractivity (Wildman–Crippen MR) is 127 cm³/mol. The van der Waals surface area contributed by atoms with Crippen molar-refractivity contribution in [2.24, 2.45) is 11.8 Å². The summed E-state index contributed by atoms with van der Waals surface area (Å²) in [6, 6.07) is 0. The smallest absolute Gasteiger partial charge is 0.336 e. The van der Waals surface area contributed by atoms with Crippen LogP contribution in [-0.2, 0) is 19.1 Å². The molecule has 0 aromatic heterocycles. The fraction of sp³-hybridized carbons (Fsp3) is 0.870. The van der Waals surface area contributed by atoms with E-state index in [0.29, 0.717) is 13.1 Å². The number of piperazine rings is 1. The van der Waals surface area contributed by atoms with Crippen LogP contribution in [0.1, 0.15) is 52.4 Å². The van der Waals surface area contributed by atoms with Crippen molar-refractivity contribution in [3.63, 3.8) is 0 Å². The number of nitrogens with one attached hydrogen (secondary N) is 2. The summed E-state index contributed by atoms with van der Waals surface area (Å²) in [6.07, 6.45) is 4.71. The molecule has 0 radical (unpaired) electrons. The normalized spacial score (nSPS) is 25.7.